The molecule has 1 aliphatic rings. The van der Waals surface area contributed by atoms with Gasteiger partial charge in [-0.2, -0.15) is 0 Å². The summed E-state index contributed by atoms with van der Waals surface area (Å²) in [4.78, 5) is 27.6. The SMILES string of the molecule is Cn1c(SC2CCCCN(C(=O)c3ccc(Cl)cc3)C2=O)nnc1-c1ccc(Cl)cc1. The average molecular weight is 475 g/mol. The Morgan fingerprint density at radius 1 is 1.00 bits per heavy atom. The highest BCUT2D eigenvalue weighted by Crippen LogP contribution is 2.31. The van der Waals surface area contributed by atoms with Gasteiger partial charge >= 0.3 is 0 Å². The van der Waals surface area contributed by atoms with Crippen molar-refractivity contribution in [2.24, 2.45) is 7.05 Å². The molecule has 1 unspecified atom stereocenters. The van der Waals surface area contributed by atoms with E-state index >= 15 is 0 Å². The maximum Gasteiger partial charge on any atom is 0.260 e. The van der Waals surface area contributed by atoms with Gasteiger partial charge < -0.3 is 4.57 Å². The minimum absolute atomic E-state index is 0.196. The van der Waals surface area contributed by atoms with Crippen LogP contribution in [0.25, 0.3) is 11.4 Å². The first-order chi connectivity index (χ1) is 14.9. The van der Waals surface area contributed by atoms with Crippen molar-refractivity contribution in [3.8, 4) is 11.4 Å². The Morgan fingerprint density at radius 2 is 1.65 bits per heavy atom. The predicted octanol–water partition coefficient (Wildman–Crippen LogP) is 5.10. The molecule has 31 heavy (non-hydrogen) atoms. The third-order valence-electron chi connectivity index (χ3n) is 5.16. The summed E-state index contributed by atoms with van der Waals surface area (Å²) in [6, 6.07) is 14.0. The van der Waals surface area contributed by atoms with E-state index in [9.17, 15) is 9.59 Å². The van der Waals surface area contributed by atoms with Crippen molar-refractivity contribution in [1.29, 1.82) is 0 Å². The Kier molecular flexibility index (Phi) is 6.65. The van der Waals surface area contributed by atoms with Crippen LogP contribution in [0.3, 0.4) is 0 Å². The molecule has 0 saturated carbocycles. The van der Waals surface area contributed by atoms with Crippen LogP contribution < -0.4 is 0 Å². The van der Waals surface area contributed by atoms with E-state index in [2.05, 4.69) is 10.2 Å². The fourth-order valence-electron chi connectivity index (χ4n) is 3.46. The van der Waals surface area contributed by atoms with Crippen LogP contribution in [-0.2, 0) is 11.8 Å². The number of carbonyl (C=O) groups is 2. The summed E-state index contributed by atoms with van der Waals surface area (Å²) in [6.07, 6.45) is 2.31. The van der Waals surface area contributed by atoms with Gasteiger partial charge in [-0.3, -0.25) is 14.5 Å². The first-order valence-electron chi connectivity index (χ1n) is 9.87. The quantitative estimate of drug-likeness (QED) is 0.491. The summed E-state index contributed by atoms with van der Waals surface area (Å²) in [5.41, 5.74) is 1.34. The standard InChI is InChI=1S/C22H20Cl2N4O2S/c1-27-19(14-5-9-16(23)10-6-14)25-26-22(27)31-18-4-2-3-13-28(21(18)30)20(29)15-7-11-17(24)12-8-15/h5-12,18H,2-4,13H2,1H3. The smallest absolute Gasteiger partial charge is 0.260 e. The van der Waals surface area contributed by atoms with E-state index in [0.717, 1.165) is 18.4 Å². The Bertz CT molecular complexity index is 1100. The van der Waals surface area contributed by atoms with E-state index in [1.807, 2.05) is 23.7 Å². The van der Waals surface area contributed by atoms with Gasteiger partial charge in [0.05, 0.1) is 5.25 Å². The summed E-state index contributed by atoms with van der Waals surface area (Å²) < 4.78 is 1.86. The number of amides is 2. The molecule has 1 aromatic heterocycles. The molecule has 2 amide bonds. The fraction of sp³-hybridized carbons (Fsp3) is 0.273. The maximum absolute atomic E-state index is 13.2. The van der Waals surface area contributed by atoms with Crippen LogP contribution in [0.1, 0.15) is 29.6 Å². The van der Waals surface area contributed by atoms with Crippen LogP contribution >= 0.6 is 35.0 Å². The van der Waals surface area contributed by atoms with Crippen molar-refractivity contribution in [2.45, 2.75) is 29.7 Å². The number of nitrogens with zero attached hydrogens (tertiary/aromatic N) is 4. The van der Waals surface area contributed by atoms with Crippen LogP contribution in [0.2, 0.25) is 10.0 Å². The van der Waals surface area contributed by atoms with Crippen LogP contribution in [0.15, 0.2) is 53.7 Å². The molecular formula is C22H20Cl2N4O2S. The number of benzene rings is 2. The lowest BCUT2D eigenvalue weighted by atomic mass is 10.2. The predicted molar refractivity (Wildman–Crippen MR) is 122 cm³/mol. The number of imide groups is 1. The van der Waals surface area contributed by atoms with E-state index in [4.69, 9.17) is 23.2 Å². The van der Waals surface area contributed by atoms with E-state index in [1.165, 1.54) is 16.7 Å². The molecule has 160 valence electrons. The van der Waals surface area contributed by atoms with Gasteiger partial charge in [0.15, 0.2) is 11.0 Å². The van der Waals surface area contributed by atoms with Crippen molar-refractivity contribution in [3.05, 3.63) is 64.1 Å². The van der Waals surface area contributed by atoms with E-state index in [0.29, 0.717) is 39.6 Å². The van der Waals surface area contributed by atoms with Crippen molar-refractivity contribution in [1.82, 2.24) is 19.7 Å². The molecule has 4 rings (SSSR count). The molecule has 9 heteroatoms. The molecule has 0 radical (unpaired) electrons. The molecule has 6 nitrogen and oxygen atoms in total. The van der Waals surface area contributed by atoms with Gasteiger partial charge in [-0.25, -0.2) is 0 Å². The summed E-state index contributed by atoms with van der Waals surface area (Å²) in [5.74, 6) is 0.196. The minimum Gasteiger partial charge on any atom is -0.305 e. The van der Waals surface area contributed by atoms with Gasteiger partial charge in [-0.15, -0.1) is 10.2 Å². The molecular weight excluding hydrogens is 455 g/mol. The normalized spacial score (nSPS) is 16.9. The van der Waals surface area contributed by atoms with Gasteiger partial charge in [0, 0.05) is 34.8 Å². The molecule has 0 bridgehead atoms. The zero-order valence-electron chi connectivity index (χ0n) is 16.8. The highest BCUT2D eigenvalue weighted by Gasteiger charge is 2.33. The molecule has 2 heterocycles. The second-order valence-corrected chi connectivity index (χ2v) is 9.32. The topological polar surface area (TPSA) is 68.1 Å². The second-order valence-electron chi connectivity index (χ2n) is 7.28. The first-order valence-corrected chi connectivity index (χ1v) is 11.5. The monoisotopic (exact) mass is 474 g/mol. The lowest BCUT2D eigenvalue weighted by Crippen LogP contribution is -2.41. The lowest BCUT2D eigenvalue weighted by Gasteiger charge is -2.22. The van der Waals surface area contributed by atoms with Crippen molar-refractivity contribution >= 4 is 46.8 Å². The largest absolute Gasteiger partial charge is 0.305 e. The van der Waals surface area contributed by atoms with Gasteiger partial charge in [-0.05, 0) is 61.4 Å². The van der Waals surface area contributed by atoms with Gasteiger partial charge in [0.1, 0.15) is 0 Å². The summed E-state index contributed by atoms with van der Waals surface area (Å²) in [7, 11) is 1.87. The fourth-order valence-corrected chi connectivity index (χ4v) is 4.81. The number of likely N-dealkylation sites (tertiary alicyclic amines) is 1. The Hall–Kier alpha value is -2.35. The molecule has 0 spiro atoms. The highest BCUT2D eigenvalue weighted by atomic mass is 35.5. The molecule has 2 aromatic carbocycles. The average Bonchev–Trinajstić information content (AvgIpc) is 3.02. The molecule has 0 N–H and O–H groups in total. The third kappa shape index (κ3) is 4.79. The number of rotatable bonds is 4. The van der Waals surface area contributed by atoms with E-state index in [1.54, 1.807) is 36.4 Å². The van der Waals surface area contributed by atoms with Gasteiger partial charge in [-0.1, -0.05) is 41.4 Å². The van der Waals surface area contributed by atoms with Gasteiger partial charge in [0.25, 0.3) is 5.91 Å². The van der Waals surface area contributed by atoms with Crippen LogP contribution in [-0.4, -0.2) is 43.3 Å². The first kappa shape index (κ1) is 21.9. The second kappa shape index (κ2) is 9.42. The Labute approximate surface area is 194 Å². The van der Waals surface area contributed by atoms with E-state index in [-0.39, 0.29) is 11.8 Å². The molecule has 3 aromatic rings. The third-order valence-corrected chi connectivity index (χ3v) is 6.95. The Morgan fingerprint density at radius 3 is 2.32 bits per heavy atom. The Balaban J connectivity index is 1.54. The lowest BCUT2D eigenvalue weighted by molar-refractivity contribution is -0.127. The van der Waals surface area contributed by atoms with Crippen molar-refractivity contribution in [3.63, 3.8) is 0 Å². The minimum atomic E-state index is -0.403. The zero-order chi connectivity index (χ0) is 22.0. The van der Waals surface area contributed by atoms with Crippen molar-refractivity contribution in [2.75, 3.05) is 6.54 Å². The number of hydrogen-bond donors (Lipinski definition) is 0. The number of aromatic nitrogens is 3. The van der Waals surface area contributed by atoms with Crippen LogP contribution in [0.5, 0.6) is 0 Å². The molecule has 0 aliphatic carbocycles. The summed E-state index contributed by atoms with van der Waals surface area (Å²) in [5, 5.41) is 9.99. The van der Waals surface area contributed by atoms with Crippen LogP contribution in [0.4, 0.5) is 0 Å². The highest BCUT2D eigenvalue weighted by molar-refractivity contribution is 8.00. The number of halogens is 2. The number of carbonyl (C=O) groups excluding carboxylic acids is 2. The molecule has 1 atom stereocenters. The van der Waals surface area contributed by atoms with Crippen LogP contribution in [0, 0.1) is 0 Å². The summed E-state index contributed by atoms with van der Waals surface area (Å²) in [6.45, 7) is 0.409. The molecule has 1 saturated heterocycles. The van der Waals surface area contributed by atoms with Gasteiger partial charge in [0.2, 0.25) is 5.91 Å². The molecule has 1 fully saturated rings. The number of hydrogen-bond acceptors (Lipinski definition) is 5. The number of thioether (sulfide) groups is 1. The van der Waals surface area contributed by atoms with E-state index < -0.39 is 5.25 Å². The molecule has 1 aliphatic heterocycles. The van der Waals surface area contributed by atoms with Crippen molar-refractivity contribution < 1.29 is 9.59 Å². The summed E-state index contributed by atoms with van der Waals surface area (Å²) >= 11 is 13.2. The maximum atomic E-state index is 13.2. The zero-order valence-corrected chi connectivity index (χ0v) is 19.1.